The van der Waals surface area contributed by atoms with Crippen molar-refractivity contribution in [3.05, 3.63) is 29.8 Å². The normalized spacial score (nSPS) is 21.8. The number of carbonyl (C=O) groups excluding carboxylic acids is 2. The van der Waals surface area contributed by atoms with Crippen molar-refractivity contribution >= 4 is 11.8 Å². The van der Waals surface area contributed by atoms with E-state index in [1.165, 1.54) is 11.3 Å². The molecule has 1 spiro atoms. The van der Waals surface area contributed by atoms with Gasteiger partial charge in [0.1, 0.15) is 5.75 Å². The Kier molecular flexibility index (Phi) is 3.70. The van der Waals surface area contributed by atoms with Gasteiger partial charge in [0.2, 0.25) is 11.8 Å². The minimum atomic E-state index is -0.0867. The number of imide groups is 1. The molecule has 2 amide bonds. The number of likely N-dealkylation sites (tertiary alicyclic amines) is 1. The average molecular weight is 287 g/mol. The summed E-state index contributed by atoms with van der Waals surface area (Å²) in [5.41, 5.74) is 0.542. The van der Waals surface area contributed by atoms with Crippen molar-refractivity contribution in [3.8, 4) is 5.75 Å². The minimum Gasteiger partial charge on any atom is -0.508 e. The van der Waals surface area contributed by atoms with E-state index in [-0.39, 0.29) is 29.5 Å². The van der Waals surface area contributed by atoms with E-state index in [0.29, 0.717) is 18.4 Å². The summed E-state index contributed by atoms with van der Waals surface area (Å²) in [6.45, 7) is 0.181. The van der Waals surface area contributed by atoms with Crippen LogP contribution in [-0.4, -0.2) is 21.8 Å². The number of phenolic OH excluding ortho intramolecular Hbond substituents is 1. The first-order chi connectivity index (χ1) is 10.1. The lowest BCUT2D eigenvalue weighted by atomic mass is 9.67. The molecule has 0 radical (unpaired) electrons. The fraction of sp³-hybridized carbons (Fsp3) is 0.529. The van der Waals surface area contributed by atoms with Crippen molar-refractivity contribution in [2.75, 3.05) is 0 Å². The number of piperidine rings is 1. The molecule has 3 rings (SSSR count). The predicted octanol–water partition coefficient (Wildman–Crippen LogP) is 2.99. The summed E-state index contributed by atoms with van der Waals surface area (Å²) in [6, 6.07) is 6.87. The Morgan fingerprint density at radius 1 is 1.00 bits per heavy atom. The number of hydrogen-bond acceptors (Lipinski definition) is 3. The number of nitrogens with zero attached hydrogens (tertiary/aromatic N) is 1. The molecule has 1 aromatic carbocycles. The van der Waals surface area contributed by atoms with Crippen LogP contribution in [0.25, 0.3) is 0 Å². The standard InChI is InChI=1S/C17H21NO3/c19-14-7-3-2-6-13(14)12-18-15(20)10-17(11-16(18)21)8-4-1-5-9-17/h2-3,6-7,19H,1,4-5,8-12H2. The smallest absolute Gasteiger partial charge is 0.230 e. The second-order valence-electron chi connectivity index (χ2n) is 6.42. The second kappa shape index (κ2) is 5.51. The summed E-state index contributed by atoms with van der Waals surface area (Å²) in [6.07, 6.45) is 6.41. The van der Waals surface area contributed by atoms with Gasteiger partial charge in [-0.3, -0.25) is 14.5 Å². The van der Waals surface area contributed by atoms with Gasteiger partial charge in [0, 0.05) is 18.4 Å². The predicted molar refractivity (Wildman–Crippen MR) is 78.4 cm³/mol. The van der Waals surface area contributed by atoms with Crippen LogP contribution < -0.4 is 0 Å². The highest BCUT2D eigenvalue weighted by molar-refractivity contribution is 5.98. The number of rotatable bonds is 2. The van der Waals surface area contributed by atoms with Gasteiger partial charge in [0.15, 0.2) is 0 Å². The molecule has 0 atom stereocenters. The summed E-state index contributed by atoms with van der Waals surface area (Å²) in [4.78, 5) is 26.1. The third kappa shape index (κ3) is 2.80. The highest BCUT2D eigenvalue weighted by atomic mass is 16.3. The summed E-state index contributed by atoms with van der Waals surface area (Å²) >= 11 is 0. The second-order valence-corrected chi connectivity index (χ2v) is 6.42. The summed E-state index contributed by atoms with van der Waals surface area (Å²) < 4.78 is 0. The Labute approximate surface area is 124 Å². The summed E-state index contributed by atoms with van der Waals surface area (Å²) in [5, 5.41) is 9.81. The van der Waals surface area contributed by atoms with Crippen LogP contribution in [0.15, 0.2) is 24.3 Å². The fourth-order valence-electron chi connectivity index (χ4n) is 3.68. The van der Waals surface area contributed by atoms with Crippen molar-refractivity contribution in [1.29, 1.82) is 0 Å². The number of carbonyl (C=O) groups is 2. The summed E-state index contributed by atoms with van der Waals surface area (Å²) in [7, 11) is 0. The molecule has 1 aliphatic carbocycles. The average Bonchev–Trinajstić information content (AvgIpc) is 2.45. The van der Waals surface area contributed by atoms with Gasteiger partial charge in [-0.1, -0.05) is 37.5 Å². The number of phenols is 1. The maximum Gasteiger partial charge on any atom is 0.230 e. The molecule has 0 unspecified atom stereocenters. The molecule has 112 valence electrons. The van der Waals surface area contributed by atoms with Gasteiger partial charge in [-0.15, -0.1) is 0 Å². The molecule has 1 saturated carbocycles. The molecular weight excluding hydrogens is 266 g/mol. The van der Waals surface area contributed by atoms with Crippen LogP contribution >= 0.6 is 0 Å². The number of para-hydroxylation sites is 1. The molecule has 0 bridgehead atoms. The van der Waals surface area contributed by atoms with E-state index in [9.17, 15) is 14.7 Å². The van der Waals surface area contributed by atoms with Gasteiger partial charge in [0.25, 0.3) is 0 Å². The van der Waals surface area contributed by atoms with Crippen LogP contribution in [0.4, 0.5) is 0 Å². The van der Waals surface area contributed by atoms with Crippen LogP contribution in [0.5, 0.6) is 5.75 Å². The lowest BCUT2D eigenvalue weighted by Gasteiger charge is -2.42. The van der Waals surface area contributed by atoms with E-state index in [1.54, 1.807) is 24.3 Å². The molecule has 1 heterocycles. The molecule has 2 aliphatic rings. The van der Waals surface area contributed by atoms with Gasteiger partial charge in [-0.25, -0.2) is 0 Å². The van der Waals surface area contributed by atoms with Crippen molar-refractivity contribution < 1.29 is 14.7 Å². The van der Waals surface area contributed by atoms with Gasteiger partial charge in [-0.2, -0.15) is 0 Å². The van der Waals surface area contributed by atoms with Crippen LogP contribution in [0.1, 0.15) is 50.5 Å². The number of amides is 2. The van der Waals surface area contributed by atoms with E-state index in [1.807, 2.05) is 0 Å². The van der Waals surface area contributed by atoms with Crippen LogP contribution in [0.2, 0.25) is 0 Å². The van der Waals surface area contributed by atoms with Crippen molar-refractivity contribution in [2.24, 2.45) is 5.41 Å². The fourth-order valence-corrected chi connectivity index (χ4v) is 3.68. The van der Waals surface area contributed by atoms with Crippen LogP contribution in [0, 0.1) is 5.41 Å². The van der Waals surface area contributed by atoms with Crippen molar-refractivity contribution in [2.45, 2.75) is 51.5 Å². The molecule has 4 heteroatoms. The van der Waals surface area contributed by atoms with Gasteiger partial charge in [0.05, 0.1) is 6.54 Å². The van der Waals surface area contributed by atoms with Gasteiger partial charge in [-0.05, 0) is 24.3 Å². The third-order valence-electron chi connectivity index (χ3n) is 4.89. The van der Waals surface area contributed by atoms with Crippen molar-refractivity contribution in [3.63, 3.8) is 0 Å². The zero-order valence-electron chi connectivity index (χ0n) is 12.2. The topological polar surface area (TPSA) is 57.6 Å². The largest absolute Gasteiger partial charge is 0.508 e. The number of benzene rings is 1. The first-order valence-corrected chi connectivity index (χ1v) is 7.70. The van der Waals surface area contributed by atoms with E-state index in [2.05, 4.69) is 0 Å². The number of hydrogen-bond donors (Lipinski definition) is 1. The molecule has 1 aliphatic heterocycles. The Balaban J connectivity index is 1.75. The van der Waals surface area contributed by atoms with Gasteiger partial charge < -0.3 is 5.11 Å². The monoisotopic (exact) mass is 287 g/mol. The zero-order chi connectivity index (χ0) is 14.9. The number of aromatic hydroxyl groups is 1. The SMILES string of the molecule is O=C1CC2(CCCCC2)CC(=O)N1Cc1ccccc1O. The Hall–Kier alpha value is -1.84. The van der Waals surface area contributed by atoms with E-state index < -0.39 is 0 Å². The highest BCUT2D eigenvalue weighted by Crippen LogP contribution is 2.45. The zero-order valence-corrected chi connectivity index (χ0v) is 12.2. The van der Waals surface area contributed by atoms with Crippen LogP contribution in [0.3, 0.4) is 0 Å². The Morgan fingerprint density at radius 2 is 1.62 bits per heavy atom. The highest BCUT2D eigenvalue weighted by Gasteiger charge is 2.43. The molecular formula is C17H21NO3. The minimum absolute atomic E-state index is 0.0817. The molecule has 4 nitrogen and oxygen atoms in total. The lowest BCUT2D eigenvalue weighted by Crippen LogP contribution is -2.48. The summed E-state index contributed by atoms with van der Waals surface area (Å²) in [5.74, 6) is -0.0381. The first kappa shape index (κ1) is 14.1. The lowest BCUT2D eigenvalue weighted by molar-refractivity contribution is -0.155. The third-order valence-corrected chi connectivity index (χ3v) is 4.89. The Bertz CT molecular complexity index is 541. The van der Waals surface area contributed by atoms with Gasteiger partial charge >= 0.3 is 0 Å². The van der Waals surface area contributed by atoms with Crippen molar-refractivity contribution in [1.82, 2.24) is 4.90 Å². The molecule has 1 saturated heterocycles. The molecule has 21 heavy (non-hydrogen) atoms. The maximum absolute atomic E-state index is 12.4. The molecule has 1 N–H and O–H groups in total. The van der Waals surface area contributed by atoms with Crippen LogP contribution in [-0.2, 0) is 16.1 Å². The quantitative estimate of drug-likeness (QED) is 0.851. The molecule has 1 aromatic rings. The molecule has 2 fully saturated rings. The van der Waals surface area contributed by atoms with E-state index in [4.69, 9.17) is 0 Å². The van der Waals surface area contributed by atoms with E-state index >= 15 is 0 Å². The maximum atomic E-state index is 12.4. The Morgan fingerprint density at radius 3 is 2.24 bits per heavy atom. The first-order valence-electron chi connectivity index (χ1n) is 7.70. The van der Waals surface area contributed by atoms with E-state index in [0.717, 1.165) is 25.7 Å². The molecule has 0 aromatic heterocycles.